The van der Waals surface area contributed by atoms with Gasteiger partial charge in [-0.05, 0) is 32.0 Å². The maximum atomic E-state index is 12.2. The highest BCUT2D eigenvalue weighted by molar-refractivity contribution is 5.94. The van der Waals surface area contributed by atoms with Crippen LogP contribution in [0.3, 0.4) is 0 Å². The van der Waals surface area contributed by atoms with Crippen molar-refractivity contribution < 1.29 is 4.79 Å². The van der Waals surface area contributed by atoms with Crippen molar-refractivity contribution in [2.45, 2.75) is 19.3 Å². The maximum absolute atomic E-state index is 12.2. The van der Waals surface area contributed by atoms with Gasteiger partial charge in [0.25, 0.3) is 5.91 Å². The summed E-state index contributed by atoms with van der Waals surface area (Å²) in [6.45, 7) is 2.67. The van der Waals surface area contributed by atoms with E-state index >= 15 is 0 Å². The minimum atomic E-state index is 0.149. The predicted molar refractivity (Wildman–Crippen MR) is 67.0 cm³/mol. The van der Waals surface area contributed by atoms with E-state index in [1.807, 2.05) is 24.1 Å². The lowest BCUT2D eigenvalue weighted by Crippen LogP contribution is -2.27. The third-order valence-corrected chi connectivity index (χ3v) is 3.09. The highest BCUT2D eigenvalue weighted by atomic mass is 16.2. The Balaban J connectivity index is 2.06. The van der Waals surface area contributed by atoms with Crippen LogP contribution < -0.4 is 5.32 Å². The first-order chi connectivity index (χ1) is 8.31. The lowest BCUT2D eigenvalue weighted by Gasteiger charge is -2.15. The van der Waals surface area contributed by atoms with Crippen LogP contribution in [0.4, 0.5) is 0 Å². The number of pyridine rings is 1. The topological polar surface area (TPSA) is 45.2 Å². The minimum Gasteiger partial charge on any atom is -0.339 e. The summed E-state index contributed by atoms with van der Waals surface area (Å²) in [7, 11) is 1.92. The zero-order chi connectivity index (χ0) is 12.1. The predicted octanol–water partition coefficient (Wildman–Crippen LogP) is 1.08. The van der Waals surface area contributed by atoms with Crippen LogP contribution in [0.2, 0.25) is 0 Å². The van der Waals surface area contributed by atoms with Gasteiger partial charge in [-0.25, -0.2) is 0 Å². The number of likely N-dealkylation sites (N-methyl/N-ethyl adjacent to an activating group) is 1. The van der Waals surface area contributed by atoms with E-state index in [0.717, 1.165) is 50.2 Å². The van der Waals surface area contributed by atoms with Gasteiger partial charge in [0, 0.05) is 43.5 Å². The first kappa shape index (κ1) is 12.0. The fourth-order valence-corrected chi connectivity index (χ4v) is 2.10. The lowest BCUT2D eigenvalue weighted by atomic mass is 10.1. The van der Waals surface area contributed by atoms with Crippen LogP contribution in [0.15, 0.2) is 18.3 Å². The highest BCUT2D eigenvalue weighted by Gasteiger charge is 2.19. The number of rotatable bonds is 4. The van der Waals surface area contributed by atoms with Crippen molar-refractivity contribution in [3.8, 4) is 0 Å². The van der Waals surface area contributed by atoms with Gasteiger partial charge in [0.2, 0.25) is 0 Å². The van der Waals surface area contributed by atoms with Gasteiger partial charge in [0.05, 0.1) is 0 Å². The van der Waals surface area contributed by atoms with E-state index < -0.39 is 0 Å². The highest BCUT2D eigenvalue weighted by Crippen LogP contribution is 2.13. The van der Waals surface area contributed by atoms with Gasteiger partial charge in [-0.1, -0.05) is 0 Å². The molecule has 0 saturated carbocycles. The van der Waals surface area contributed by atoms with E-state index in [1.54, 1.807) is 6.20 Å². The summed E-state index contributed by atoms with van der Waals surface area (Å²) in [5.41, 5.74) is 1.75. The van der Waals surface area contributed by atoms with Crippen LogP contribution >= 0.6 is 0 Å². The van der Waals surface area contributed by atoms with Gasteiger partial charge in [-0.15, -0.1) is 0 Å². The summed E-state index contributed by atoms with van der Waals surface area (Å²) in [4.78, 5) is 18.4. The van der Waals surface area contributed by atoms with Gasteiger partial charge < -0.3 is 10.2 Å². The van der Waals surface area contributed by atoms with E-state index in [2.05, 4.69) is 10.3 Å². The van der Waals surface area contributed by atoms with Crippen LogP contribution in [0.1, 0.15) is 28.9 Å². The lowest BCUT2D eigenvalue weighted by molar-refractivity contribution is 0.0792. The fraction of sp³-hybridized carbons (Fsp3) is 0.538. The molecule has 2 rings (SSSR count). The Morgan fingerprint density at radius 1 is 1.47 bits per heavy atom. The molecule has 1 N–H and O–H groups in total. The monoisotopic (exact) mass is 233 g/mol. The number of amides is 1. The zero-order valence-corrected chi connectivity index (χ0v) is 10.3. The molecular weight excluding hydrogens is 214 g/mol. The van der Waals surface area contributed by atoms with Crippen molar-refractivity contribution >= 4 is 5.91 Å². The summed E-state index contributed by atoms with van der Waals surface area (Å²) in [6, 6.07) is 3.72. The number of nitrogens with one attached hydrogen (secondary N) is 1. The van der Waals surface area contributed by atoms with Crippen molar-refractivity contribution in [2.75, 3.05) is 26.7 Å². The van der Waals surface area contributed by atoms with Crippen molar-refractivity contribution in [3.63, 3.8) is 0 Å². The molecule has 0 spiro atoms. The number of hydrogen-bond donors (Lipinski definition) is 1. The van der Waals surface area contributed by atoms with Gasteiger partial charge in [0.15, 0.2) is 0 Å². The van der Waals surface area contributed by atoms with Gasteiger partial charge in [-0.2, -0.15) is 0 Å². The molecule has 1 fully saturated rings. The summed E-state index contributed by atoms with van der Waals surface area (Å²) in [5, 5.41) is 3.08. The number of nitrogens with zero attached hydrogens (tertiary/aromatic N) is 2. The smallest absolute Gasteiger partial charge is 0.253 e. The third kappa shape index (κ3) is 3.03. The molecule has 1 aliphatic heterocycles. The molecule has 1 saturated heterocycles. The molecule has 92 valence electrons. The van der Waals surface area contributed by atoms with Crippen molar-refractivity contribution in [2.24, 2.45) is 0 Å². The quantitative estimate of drug-likeness (QED) is 0.846. The van der Waals surface area contributed by atoms with Crippen molar-refractivity contribution in [1.82, 2.24) is 15.2 Å². The molecule has 0 aromatic carbocycles. The van der Waals surface area contributed by atoms with Crippen LogP contribution in [-0.2, 0) is 6.42 Å². The number of hydrogen-bond acceptors (Lipinski definition) is 3. The number of carbonyl (C=O) groups excluding carboxylic acids is 1. The summed E-state index contributed by atoms with van der Waals surface area (Å²) in [5.74, 6) is 0.149. The number of likely N-dealkylation sites (tertiary alicyclic amines) is 1. The average molecular weight is 233 g/mol. The van der Waals surface area contributed by atoms with Gasteiger partial charge in [0.1, 0.15) is 0 Å². The summed E-state index contributed by atoms with van der Waals surface area (Å²) >= 11 is 0. The molecule has 1 aromatic rings. The second kappa shape index (κ2) is 5.77. The molecule has 2 heterocycles. The molecule has 0 aliphatic carbocycles. The molecule has 4 nitrogen and oxygen atoms in total. The molecule has 1 amide bonds. The number of aromatic nitrogens is 1. The Kier molecular flexibility index (Phi) is 4.09. The normalized spacial score (nSPS) is 15.2. The molecular formula is C13H19N3O. The largest absolute Gasteiger partial charge is 0.339 e. The zero-order valence-electron chi connectivity index (χ0n) is 10.3. The fourth-order valence-electron chi connectivity index (χ4n) is 2.10. The van der Waals surface area contributed by atoms with E-state index in [1.165, 1.54) is 0 Å². The van der Waals surface area contributed by atoms with E-state index in [4.69, 9.17) is 0 Å². The van der Waals surface area contributed by atoms with Crippen LogP contribution in [-0.4, -0.2) is 42.5 Å². The Morgan fingerprint density at radius 2 is 2.24 bits per heavy atom. The maximum Gasteiger partial charge on any atom is 0.253 e. The third-order valence-electron chi connectivity index (χ3n) is 3.09. The Labute approximate surface area is 102 Å². The second-order valence-corrected chi connectivity index (χ2v) is 4.39. The van der Waals surface area contributed by atoms with Crippen LogP contribution in [0.5, 0.6) is 0 Å². The molecule has 1 aromatic heterocycles. The standard InChI is InChI=1S/C13H19N3O/c1-14-6-5-12-10-11(4-7-15-12)13(17)16-8-2-3-9-16/h4,7,10,14H,2-3,5-6,8-9H2,1H3. The number of carbonyl (C=O) groups is 1. The molecule has 0 radical (unpaired) electrons. The second-order valence-electron chi connectivity index (χ2n) is 4.39. The minimum absolute atomic E-state index is 0.149. The van der Waals surface area contributed by atoms with Crippen molar-refractivity contribution in [3.05, 3.63) is 29.6 Å². The van der Waals surface area contributed by atoms with E-state index in [-0.39, 0.29) is 5.91 Å². The van der Waals surface area contributed by atoms with Crippen LogP contribution in [0, 0.1) is 0 Å². The Bertz CT molecular complexity index is 386. The summed E-state index contributed by atoms with van der Waals surface area (Å²) < 4.78 is 0. The van der Waals surface area contributed by atoms with E-state index in [9.17, 15) is 4.79 Å². The molecule has 1 aliphatic rings. The van der Waals surface area contributed by atoms with Gasteiger partial charge >= 0.3 is 0 Å². The van der Waals surface area contributed by atoms with E-state index in [0.29, 0.717) is 0 Å². The molecule has 0 atom stereocenters. The molecule has 17 heavy (non-hydrogen) atoms. The first-order valence-corrected chi connectivity index (χ1v) is 6.20. The first-order valence-electron chi connectivity index (χ1n) is 6.20. The molecule has 4 heteroatoms. The van der Waals surface area contributed by atoms with Gasteiger partial charge in [-0.3, -0.25) is 9.78 Å². The Hall–Kier alpha value is -1.42. The molecule has 0 bridgehead atoms. The van der Waals surface area contributed by atoms with Crippen LogP contribution in [0.25, 0.3) is 0 Å². The summed E-state index contributed by atoms with van der Waals surface area (Å²) in [6.07, 6.45) is 4.85. The van der Waals surface area contributed by atoms with Crippen molar-refractivity contribution in [1.29, 1.82) is 0 Å². The average Bonchev–Trinajstić information content (AvgIpc) is 2.89. The molecule has 0 unspecified atom stereocenters. The SMILES string of the molecule is CNCCc1cc(C(=O)N2CCCC2)ccn1. The Morgan fingerprint density at radius 3 is 2.94 bits per heavy atom.